The minimum atomic E-state index is 0.250. The molecule has 0 N–H and O–H groups in total. The van der Waals surface area contributed by atoms with Crippen molar-refractivity contribution < 1.29 is 41.3 Å². The van der Waals surface area contributed by atoms with Gasteiger partial charge >= 0.3 is 12.3 Å². The lowest BCUT2D eigenvalue weighted by atomic mass is 10.0. The average molecular weight is 1460 g/mol. The number of benzene rings is 6. The molecule has 554 valence electrons. The number of aryl methyl sites for hydroxylation is 5. The Hall–Kier alpha value is -13.7. The molecule has 0 aliphatic carbocycles. The first-order valence-corrected chi connectivity index (χ1v) is 36.2. The van der Waals surface area contributed by atoms with Gasteiger partial charge in [-0.1, -0.05) is 240 Å². The van der Waals surface area contributed by atoms with Crippen molar-refractivity contribution in [2.75, 3.05) is 0 Å². The Bertz CT molecular complexity index is 5080. The quantitative estimate of drug-likeness (QED) is 0.0378. The van der Waals surface area contributed by atoms with E-state index in [2.05, 4.69) is 240 Å². The summed E-state index contributed by atoms with van der Waals surface area (Å²) in [5.41, 5.74) is 16.6. The summed E-state index contributed by atoms with van der Waals surface area (Å²) in [6.45, 7) is 18.3. The summed E-state index contributed by atoms with van der Waals surface area (Å²) in [6.07, 6.45) is 22.3. The molecule has 14 rings (SSSR count). The number of rotatable bonds is 30. The first-order valence-electron chi connectivity index (χ1n) is 36.2. The Morgan fingerprint density at radius 3 is 1.03 bits per heavy atom. The predicted octanol–water partition coefficient (Wildman–Crippen LogP) is 20.9. The first kappa shape index (κ1) is 80.4. The molecule has 0 saturated carbocycles. The van der Waals surface area contributed by atoms with Gasteiger partial charge in [0.2, 0.25) is 23.6 Å². The average Bonchev–Trinajstić information content (AvgIpc) is 1.71. The largest absolute Gasteiger partial charge is 0.459 e. The van der Waals surface area contributed by atoms with Crippen LogP contribution in [0.4, 0.5) is 0 Å². The molecule has 0 saturated heterocycles. The van der Waals surface area contributed by atoms with Gasteiger partial charge in [0.1, 0.15) is 17.1 Å². The minimum absolute atomic E-state index is 0.250. The molecular formula is C90H85N11O9. The summed E-state index contributed by atoms with van der Waals surface area (Å²) in [6, 6.07) is 79.8. The van der Waals surface area contributed by atoms with Crippen LogP contribution >= 0.6 is 0 Å². The van der Waals surface area contributed by atoms with Crippen LogP contribution < -0.4 is 0 Å². The summed E-state index contributed by atoms with van der Waals surface area (Å²) in [7, 11) is 0. The van der Waals surface area contributed by atoms with Crippen LogP contribution in [0.5, 0.6) is 0 Å². The van der Waals surface area contributed by atoms with E-state index < -0.39 is 0 Å². The van der Waals surface area contributed by atoms with Crippen LogP contribution in [0.3, 0.4) is 0 Å². The fraction of sp³-hybridized carbons (Fsp3) is 0.189. The zero-order chi connectivity index (χ0) is 77.2. The van der Waals surface area contributed by atoms with Gasteiger partial charge in [-0.2, -0.15) is 19.2 Å². The molecule has 8 heterocycles. The van der Waals surface area contributed by atoms with E-state index >= 15 is 0 Å². The third kappa shape index (κ3) is 26.7. The maximum absolute atomic E-state index is 8.12. The Labute approximate surface area is 639 Å². The number of furan rings is 1. The van der Waals surface area contributed by atoms with E-state index in [0.717, 1.165) is 92.2 Å². The zero-order valence-electron chi connectivity index (χ0n) is 61.5. The Balaban J connectivity index is 0.000000165. The van der Waals surface area contributed by atoms with E-state index in [1.807, 2.05) is 73.7 Å². The highest BCUT2D eigenvalue weighted by Gasteiger charge is 2.17. The highest BCUT2D eigenvalue weighted by atomic mass is 16.4. The minimum Gasteiger partial charge on any atom is -0.459 e. The van der Waals surface area contributed by atoms with Gasteiger partial charge in [-0.05, 0) is 177 Å². The number of hydrogen-bond donors (Lipinski definition) is 0. The molecule has 0 unspecified atom stereocenters. The molecule has 0 fully saturated rings. The van der Waals surface area contributed by atoms with Gasteiger partial charge < -0.3 is 22.1 Å². The fourth-order valence-corrected chi connectivity index (χ4v) is 11.3. The van der Waals surface area contributed by atoms with Crippen molar-refractivity contribution in [3.8, 4) is 68.7 Å². The van der Waals surface area contributed by atoms with Crippen LogP contribution in [-0.2, 0) is 44.9 Å². The van der Waals surface area contributed by atoms with Gasteiger partial charge in [0.15, 0.2) is 5.76 Å². The maximum atomic E-state index is 8.12. The SMILES string of the molecule is C=C(CCCCCCc1ccccc1)c1nnc(-c2ccccn2)o1.C=C(CCCCCCc1ccccc1)c1nnc(-c2ccco2)o1.C=C(CCc1ccc(-c2ccccc2)cc1)c1nnc(-c2cccc(C)n2)o1.C=C(CCc1ccc(-c2ccccc2)cc1)c1nnc(-c2ccccn2)o1.O=C=O.O=C=O. The standard InChI is InChI=1S/C24H21N3O.C23H19N3O.C21H23N3O.C20H22N2O2.2CO2/c1-17(23-26-27-24(28-23)22-10-6-7-18(2)25-22)11-12-19-13-15-21(16-14-19)20-8-4-3-5-9-20;1-17(22-25-26-23(27-22)21-9-5-6-16-24-21)10-11-18-12-14-20(15-13-18)19-7-3-2-4-8-19;1-17(11-5-2-3-6-12-18-13-7-4-8-14-18)20-23-24-21(25-20)19-15-9-10-16-22-19;1-16(19-21-22-20(24-19)18-14-9-15-23-18)10-5-2-3-6-11-17-12-7-4-8-13-17;2*2-1-3/h3-10,13-16H,1,11-12H2,2H3;2-9,12-16H,1,10-11H2;4,7-10,13-16H,1-3,5-6,11-12H2;4,7-9,12-15H,1-3,5-6,10-11H2;;. The second kappa shape index (κ2) is 45.0. The molecule has 0 atom stereocenters. The number of nitrogens with zero attached hydrogens (tertiary/aromatic N) is 11. The second-order valence-electron chi connectivity index (χ2n) is 25.2. The summed E-state index contributed by atoms with van der Waals surface area (Å²) < 4.78 is 28.0. The van der Waals surface area contributed by atoms with Gasteiger partial charge in [0.25, 0.3) is 23.6 Å². The van der Waals surface area contributed by atoms with Crippen LogP contribution in [0.2, 0.25) is 0 Å². The Morgan fingerprint density at radius 1 is 0.309 bits per heavy atom. The number of allylic oxidation sites excluding steroid dienone is 4. The molecule has 0 bridgehead atoms. The molecule has 0 aliphatic heterocycles. The lowest BCUT2D eigenvalue weighted by molar-refractivity contribution is -0.193. The highest BCUT2D eigenvalue weighted by Crippen LogP contribution is 2.29. The molecule has 0 amide bonds. The smallest absolute Gasteiger partial charge is 0.373 e. The first-order chi connectivity index (χ1) is 54.0. The molecule has 0 radical (unpaired) electrons. The van der Waals surface area contributed by atoms with Crippen molar-refractivity contribution in [1.29, 1.82) is 0 Å². The summed E-state index contributed by atoms with van der Waals surface area (Å²) >= 11 is 0. The molecule has 110 heavy (non-hydrogen) atoms. The molecule has 20 nitrogen and oxygen atoms in total. The van der Waals surface area contributed by atoms with Crippen LogP contribution in [-0.4, -0.2) is 68.0 Å². The van der Waals surface area contributed by atoms with Crippen LogP contribution in [0, 0.1) is 6.92 Å². The topological polar surface area (TPSA) is 276 Å². The van der Waals surface area contributed by atoms with Crippen LogP contribution in [0.25, 0.3) is 91.0 Å². The van der Waals surface area contributed by atoms with Crippen molar-refractivity contribution >= 4 is 34.6 Å². The van der Waals surface area contributed by atoms with Crippen LogP contribution in [0.15, 0.2) is 304 Å². The second-order valence-corrected chi connectivity index (χ2v) is 25.2. The molecule has 0 aliphatic rings. The monoisotopic (exact) mass is 1460 g/mol. The fourth-order valence-electron chi connectivity index (χ4n) is 11.3. The van der Waals surface area contributed by atoms with Gasteiger partial charge in [0.05, 0.1) is 6.26 Å². The van der Waals surface area contributed by atoms with E-state index in [9.17, 15) is 0 Å². The summed E-state index contributed by atoms with van der Waals surface area (Å²) in [4.78, 5) is 45.4. The molecule has 20 heteroatoms. The van der Waals surface area contributed by atoms with E-state index in [4.69, 9.17) is 41.3 Å². The molecule has 14 aromatic rings. The normalized spacial score (nSPS) is 10.3. The summed E-state index contributed by atoms with van der Waals surface area (Å²) in [5, 5.41) is 32.6. The molecule has 8 aromatic heterocycles. The zero-order valence-corrected chi connectivity index (χ0v) is 61.5. The van der Waals surface area contributed by atoms with E-state index in [1.165, 1.54) is 83.0 Å². The van der Waals surface area contributed by atoms with E-state index in [-0.39, 0.29) is 12.3 Å². The van der Waals surface area contributed by atoms with Crippen molar-refractivity contribution in [2.24, 2.45) is 0 Å². The van der Waals surface area contributed by atoms with Crippen molar-refractivity contribution in [1.82, 2.24) is 55.7 Å². The van der Waals surface area contributed by atoms with Crippen molar-refractivity contribution in [3.05, 3.63) is 333 Å². The molecular weight excluding hydrogens is 1380 g/mol. The number of unbranched alkanes of at least 4 members (excludes halogenated alkanes) is 6. The van der Waals surface area contributed by atoms with Gasteiger partial charge in [-0.3, -0.25) is 9.97 Å². The highest BCUT2D eigenvalue weighted by molar-refractivity contribution is 5.66. The van der Waals surface area contributed by atoms with Crippen molar-refractivity contribution in [2.45, 2.75) is 110 Å². The lowest BCUT2D eigenvalue weighted by Gasteiger charge is -2.05. The maximum Gasteiger partial charge on any atom is 0.373 e. The van der Waals surface area contributed by atoms with Gasteiger partial charge in [-0.25, -0.2) is 4.98 Å². The number of carbonyl (C=O) groups excluding carboxylic acids is 4. The molecule has 6 aromatic carbocycles. The third-order valence-corrected chi connectivity index (χ3v) is 17.1. The predicted molar refractivity (Wildman–Crippen MR) is 422 cm³/mol. The third-order valence-electron chi connectivity index (χ3n) is 17.1. The van der Waals surface area contributed by atoms with E-state index in [0.29, 0.717) is 70.0 Å². The molecule has 0 spiro atoms. The van der Waals surface area contributed by atoms with Gasteiger partial charge in [0, 0.05) is 40.4 Å². The Kier molecular flexibility index (Phi) is 32.9. The number of hydrogen-bond acceptors (Lipinski definition) is 20. The Morgan fingerprint density at radius 2 is 0.645 bits per heavy atom. The van der Waals surface area contributed by atoms with E-state index in [1.54, 1.807) is 30.8 Å². The van der Waals surface area contributed by atoms with Crippen molar-refractivity contribution in [3.63, 3.8) is 0 Å². The number of aromatic nitrogens is 11. The summed E-state index contributed by atoms with van der Waals surface area (Å²) in [5.74, 6) is 4.23. The number of pyridine rings is 3. The van der Waals surface area contributed by atoms with Gasteiger partial charge in [-0.15, -0.1) is 40.8 Å². The van der Waals surface area contributed by atoms with Crippen LogP contribution in [0.1, 0.15) is 129 Å². The lowest BCUT2D eigenvalue weighted by Crippen LogP contribution is -1.89.